The third-order valence-corrected chi connectivity index (χ3v) is 3.15. The topological polar surface area (TPSA) is 15.6 Å². The van der Waals surface area contributed by atoms with Gasteiger partial charge in [0.2, 0.25) is 0 Å². The van der Waals surface area contributed by atoms with Gasteiger partial charge in [-0.15, -0.1) is 0 Å². The third kappa shape index (κ3) is 1.61. The second kappa shape index (κ2) is 3.99. The van der Waals surface area contributed by atoms with E-state index in [1.165, 1.54) is 24.3 Å². The summed E-state index contributed by atoms with van der Waals surface area (Å²) in [6.45, 7) is 6.50. The van der Waals surface area contributed by atoms with Crippen LogP contribution in [0.2, 0.25) is 0 Å². The first-order chi connectivity index (χ1) is 6.85. The van der Waals surface area contributed by atoms with Crippen LogP contribution in [0.25, 0.3) is 0 Å². The monoisotopic (exact) mass is 190 g/mol. The number of hydrogen-bond donors (Lipinski definition) is 0. The molecule has 0 saturated heterocycles. The van der Waals surface area contributed by atoms with E-state index >= 15 is 0 Å². The summed E-state index contributed by atoms with van der Waals surface area (Å²) in [6.07, 6.45) is 7.75. The van der Waals surface area contributed by atoms with Crippen molar-refractivity contribution in [2.24, 2.45) is 4.99 Å². The Morgan fingerprint density at radius 2 is 2.07 bits per heavy atom. The highest BCUT2D eigenvalue weighted by Gasteiger charge is 2.20. The lowest BCUT2D eigenvalue weighted by Gasteiger charge is -2.26. The van der Waals surface area contributed by atoms with E-state index in [0.29, 0.717) is 0 Å². The average Bonchev–Trinajstić information content (AvgIpc) is 2.31. The summed E-state index contributed by atoms with van der Waals surface area (Å²) in [5, 5.41) is 0. The third-order valence-electron chi connectivity index (χ3n) is 3.15. The summed E-state index contributed by atoms with van der Waals surface area (Å²) in [7, 11) is 0. The molecule has 0 radical (unpaired) electrons. The van der Waals surface area contributed by atoms with Crippen LogP contribution in [0, 0.1) is 0 Å². The standard InChI is InChI=1S/C12H18N2/c1-3-14(4-2)12-9-11-6-5-10(11)7-8-13-12/h7-8H,3-6,9H2,1-2H3. The molecule has 1 aliphatic heterocycles. The second-order valence-electron chi connectivity index (χ2n) is 3.84. The van der Waals surface area contributed by atoms with E-state index in [1.807, 2.05) is 6.20 Å². The van der Waals surface area contributed by atoms with Crippen LogP contribution in [0.4, 0.5) is 0 Å². The van der Waals surface area contributed by atoms with Crippen molar-refractivity contribution >= 4 is 5.84 Å². The molecule has 0 unspecified atom stereocenters. The highest BCUT2D eigenvalue weighted by Crippen LogP contribution is 2.33. The Morgan fingerprint density at radius 3 is 2.64 bits per heavy atom. The van der Waals surface area contributed by atoms with E-state index in [1.54, 1.807) is 5.57 Å². The highest BCUT2D eigenvalue weighted by molar-refractivity contribution is 5.86. The number of hydrogen-bond acceptors (Lipinski definition) is 2. The maximum atomic E-state index is 4.53. The fraction of sp³-hybridized carbons (Fsp3) is 0.583. The van der Waals surface area contributed by atoms with Gasteiger partial charge in [-0.2, -0.15) is 0 Å². The summed E-state index contributed by atoms with van der Waals surface area (Å²) < 4.78 is 0. The second-order valence-corrected chi connectivity index (χ2v) is 3.84. The van der Waals surface area contributed by atoms with Crippen molar-refractivity contribution in [2.75, 3.05) is 13.1 Å². The smallest absolute Gasteiger partial charge is 0.108 e. The normalized spacial score (nSPS) is 19.7. The van der Waals surface area contributed by atoms with Gasteiger partial charge in [0, 0.05) is 25.7 Å². The minimum Gasteiger partial charge on any atom is -0.360 e. The number of aliphatic imine (C=N–C) groups is 1. The van der Waals surface area contributed by atoms with Crippen LogP contribution in [-0.4, -0.2) is 23.8 Å². The molecule has 0 N–H and O–H groups in total. The minimum absolute atomic E-state index is 1.06. The molecule has 1 heterocycles. The van der Waals surface area contributed by atoms with Crippen molar-refractivity contribution in [3.63, 3.8) is 0 Å². The largest absolute Gasteiger partial charge is 0.360 e. The van der Waals surface area contributed by atoms with Crippen LogP contribution < -0.4 is 0 Å². The molecule has 1 aliphatic carbocycles. The molecule has 0 aromatic heterocycles. The lowest BCUT2D eigenvalue weighted by molar-refractivity contribution is 0.457. The van der Waals surface area contributed by atoms with Crippen LogP contribution in [0.1, 0.15) is 33.1 Å². The lowest BCUT2D eigenvalue weighted by atomic mass is 9.86. The Hall–Kier alpha value is -1.05. The van der Waals surface area contributed by atoms with Crippen molar-refractivity contribution in [2.45, 2.75) is 33.1 Å². The molecule has 0 aromatic rings. The van der Waals surface area contributed by atoms with Crippen molar-refractivity contribution < 1.29 is 0 Å². The quantitative estimate of drug-likeness (QED) is 0.653. The van der Waals surface area contributed by atoms with Gasteiger partial charge in [-0.1, -0.05) is 5.57 Å². The molecule has 2 heteroatoms. The SMILES string of the molecule is CCN(CC)C1=NC=CC2=C(CC2)C1. The van der Waals surface area contributed by atoms with Gasteiger partial charge in [0.15, 0.2) is 0 Å². The molecular weight excluding hydrogens is 172 g/mol. The molecule has 76 valence electrons. The molecule has 2 rings (SSSR count). The maximum absolute atomic E-state index is 4.53. The zero-order chi connectivity index (χ0) is 9.97. The van der Waals surface area contributed by atoms with Gasteiger partial charge < -0.3 is 4.90 Å². The summed E-state index contributed by atoms with van der Waals surface area (Å²) in [5.41, 5.74) is 3.13. The zero-order valence-corrected chi connectivity index (χ0v) is 9.08. The molecule has 0 atom stereocenters. The Balaban J connectivity index is 2.14. The molecule has 0 bridgehead atoms. The minimum atomic E-state index is 1.06. The van der Waals surface area contributed by atoms with Crippen LogP contribution in [-0.2, 0) is 0 Å². The summed E-state index contributed by atoms with van der Waals surface area (Å²) in [5.74, 6) is 1.25. The molecule has 0 fully saturated rings. The van der Waals surface area contributed by atoms with Gasteiger partial charge in [0.1, 0.15) is 5.84 Å². The van der Waals surface area contributed by atoms with Gasteiger partial charge in [-0.3, -0.25) is 0 Å². The van der Waals surface area contributed by atoms with Gasteiger partial charge >= 0.3 is 0 Å². The Morgan fingerprint density at radius 1 is 1.29 bits per heavy atom. The van der Waals surface area contributed by atoms with Crippen molar-refractivity contribution in [3.05, 3.63) is 23.4 Å². The lowest BCUT2D eigenvalue weighted by Crippen LogP contribution is -2.31. The van der Waals surface area contributed by atoms with Gasteiger partial charge in [-0.05, 0) is 38.3 Å². The van der Waals surface area contributed by atoms with Gasteiger partial charge in [-0.25, -0.2) is 4.99 Å². The fourth-order valence-electron chi connectivity index (χ4n) is 2.08. The number of allylic oxidation sites excluding steroid dienone is 2. The van der Waals surface area contributed by atoms with E-state index in [-0.39, 0.29) is 0 Å². The Bertz CT molecular complexity index is 306. The number of rotatable bonds is 2. The molecule has 0 amide bonds. The number of amidine groups is 1. The molecule has 0 aromatic carbocycles. The first kappa shape index (κ1) is 9.50. The fourth-order valence-corrected chi connectivity index (χ4v) is 2.08. The van der Waals surface area contributed by atoms with Crippen molar-refractivity contribution in [1.82, 2.24) is 4.90 Å². The van der Waals surface area contributed by atoms with E-state index in [4.69, 9.17) is 0 Å². The van der Waals surface area contributed by atoms with Crippen LogP contribution in [0.5, 0.6) is 0 Å². The predicted octanol–water partition coefficient (Wildman–Crippen LogP) is 2.73. The first-order valence-electron chi connectivity index (χ1n) is 5.54. The molecule has 0 spiro atoms. The van der Waals surface area contributed by atoms with E-state index in [9.17, 15) is 0 Å². The first-order valence-corrected chi connectivity index (χ1v) is 5.54. The van der Waals surface area contributed by atoms with E-state index in [0.717, 1.165) is 19.5 Å². The summed E-state index contributed by atoms with van der Waals surface area (Å²) in [4.78, 5) is 6.87. The van der Waals surface area contributed by atoms with Crippen molar-refractivity contribution in [3.8, 4) is 0 Å². The van der Waals surface area contributed by atoms with Crippen LogP contribution in [0.3, 0.4) is 0 Å². The summed E-state index contributed by atoms with van der Waals surface area (Å²) in [6, 6.07) is 0. The summed E-state index contributed by atoms with van der Waals surface area (Å²) >= 11 is 0. The molecule has 14 heavy (non-hydrogen) atoms. The van der Waals surface area contributed by atoms with Crippen molar-refractivity contribution in [1.29, 1.82) is 0 Å². The zero-order valence-electron chi connectivity index (χ0n) is 9.08. The van der Waals surface area contributed by atoms with Crippen LogP contribution in [0.15, 0.2) is 28.4 Å². The molecule has 0 saturated carbocycles. The highest BCUT2D eigenvalue weighted by atomic mass is 15.2. The Kier molecular flexibility index (Phi) is 2.71. The molecular formula is C12H18N2. The molecule has 2 aliphatic rings. The predicted molar refractivity (Wildman–Crippen MR) is 60.4 cm³/mol. The van der Waals surface area contributed by atoms with Gasteiger partial charge in [0.25, 0.3) is 0 Å². The van der Waals surface area contributed by atoms with E-state index < -0.39 is 0 Å². The number of nitrogens with zero attached hydrogens (tertiary/aromatic N) is 2. The average molecular weight is 190 g/mol. The Labute approximate surface area is 86.0 Å². The van der Waals surface area contributed by atoms with Crippen LogP contribution >= 0.6 is 0 Å². The van der Waals surface area contributed by atoms with Gasteiger partial charge in [0.05, 0.1) is 0 Å². The maximum Gasteiger partial charge on any atom is 0.108 e. The van der Waals surface area contributed by atoms with E-state index in [2.05, 4.69) is 29.8 Å². The molecule has 2 nitrogen and oxygen atoms in total.